The van der Waals surface area contributed by atoms with Crippen LogP contribution in [0.25, 0.3) is 11.3 Å². The first-order chi connectivity index (χ1) is 18.4. The zero-order valence-electron chi connectivity index (χ0n) is 21.2. The molecule has 6 nitrogen and oxygen atoms in total. The number of nitrogens with zero attached hydrogens (tertiary/aromatic N) is 1. The lowest BCUT2D eigenvalue weighted by Gasteiger charge is -2.53. The minimum absolute atomic E-state index is 0.155. The molecule has 4 aliphatic rings. The first kappa shape index (κ1) is 25.7. The second-order valence-electron chi connectivity index (χ2n) is 11.4. The smallest absolute Gasteiger partial charge is 0.335 e. The molecular formula is C30H31Cl2NO5. The van der Waals surface area contributed by atoms with Crippen LogP contribution in [0, 0.1) is 10.8 Å². The first-order valence-corrected chi connectivity index (χ1v) is 14.1. The molecule has 200 valence electrons. The second kappa shape index (κ2) is 10.2. The number of aromatic nitrogens is 1. The third-order valence-electron chi connectivity index (χ3n) is 8.80. The lowest BCUT2D eigenvalue weighted by atomic mass is 9.54. The summed E-state index contributed by atoms with van der Waals surface area (Å²) in [5.41, 5.74) is 2.96. The monoisotopic (exact) mass is 555 g/mol. The molecule has 7 rings (SSSR count). The van der Waals surface area contributed by atoms with Gasteiger partial charge < -0.3 is 19.1 Å². The van der Waals surface area contributed by atoms with E-state index in [4.69, 9.17) is 37.2 Å². The van der Waals surface area contributed by atoms with Gasteiger partial charge >= 0.3 is 5.97 Å². The van der Waals surface area contributed by atoms with Gasteiger partial charge in [-0.15, -0.1) is 0 Å². The van der Waals surface area contributed by atoms with Crippen molar-refractivity contribution in [2.75, 3.05) is 13.2 Å². The molecular weight excluding hydrogens is 525 g/mol. The molecule has 1 N–H and O–H groups in total. The molecule has 4 aliphatic carbocycles. The average molecular weight is 556 g/mol. The highest BCUT2D eigenvalue weighted by Gasteiger charge is 2.49. The Morgan fingerprint density at radius 2 is 1.61 bits per heavy atom. The van der Waals surface area contributed by atoms with Crippen LogP contribution in [0.4, 0.5) is 0 Å². The van der Waals surface area contributed by atoms with Crippen LogP contribution in [0.2, 0.25) is 10.0 Å². The van der Waals surface area contributed by atoms with Crippen molar-refractivity contribution >= 4 is 29.2 Å². The zero-order chi connectivity index (χ0) is 26.3. The van der Waals surface area contributed by atoms with Crippen LogP contribution in [0.15, 0.2) is 47.0 Å². The number of hydrogen-bond acceptors (Lipinski definition) is 5. The molecule has 8 heteroatoms. The predicted octanol–water partition coefficient (Wildman–Crippen LogP) is 8.16. The lowest BCUT2D eigenvalue weighted by Crippen LogP contribution is -2.46. The van der Waals surface area contributed by atoms with E-state index in [1.54, 1.807) is 18.2 Å². The van der Waals surface area contributed by atoms with Crippen LogP contribution in [-0.4, -0.2) is 29.4 Å². The normalized spacial score (nSPS) is 24.5. The first-order valence-electron chi connectivity index (χ1n) is 13.3. The van der Waals surface area contributed by atoms with E-state index in [0.29, 0.717) is 52.8 Å². The molecule has 2 bridgehead atoms. The van der Waals surface area contributed by atoms with Gasteiger partial charge in [0.25, 0.3) is 0 Å². The zero-order valence-corrected chi connectivity index (χ0v) is 22.7. The van der Waals surface area contributed by atoms with Crippen molar-refractivity contribution in [2.45, 2.75) is 63.9 Å². The van der Waals surface area contributed by atoms with Gasteiger partial charge in [-0.25, -0.2) is 4.79 Å². The number of hydrogen-bond donors (Lipinski definition) is 1. The van der Waals surface area contributed by atoms with Gasteiger partial charge in [-0.3, -0.25) is 0 Å². The molecule has 4 saturated carbocycles. The van der Waals surface area contributed by atoms with Gasteiger partial charge in [0.15, 0.2) is 0 Å². The lowest BCUT2D eigenvalue weighted by molar-refractivity contribution is -0.0813. The summed E-state index contributed by atoms with van der Waals surface area (Å²) in [6, 6.07) is 12.2. The summed E-state index contributed by atoms with van der Waals surface area (Å²) < 4.78 is 18.3. The van der Waals surface area contributed by atoms with Gasteiger partial charge in [0.1, 0.15) is 17.2 Å². The minimum Gasteiger partial charge on any atom is -0.493 e. The van der Waals surface area contributed by atoms with Crippen molar-refractivity contribution in [3.63, 3.8) is 0 Å². The van der Waals surface area contributed by atoms with Gasteiger partial charge in [0, 0.05) is 22.5 Å². The number of benzene rings is 2. The number of rotatable bonds is 10. The van der Waals surface area contributed by atoms with Crippen molar-refractivity contribution in [3.8, 4) is 17.0 Å². The number of carboxylic acids is 1. The van der Waals surface area contributed by atoms with Gasteiger partial charge in [-0.1, -0.05) is 40.5 Å². The maximum Gasteiger partial charge on any atom is 0.335 e. The van der Waals surface area contributed by atoms with Crippen LogP contribution in [0.5, 0.6) is 5.75 Å². The molecule has 3 aromatic rings. The molecule has 38 heavy (non-hydrogen) atoms. The maximum absolute atomic E-state index is 11.3. The fourth-order valence-corrected chi connectivity index (χ4v) is 6.72. The van der Waals surface area contributed by atoms with Gasteiger partial charge in [-0.05, 0) is 87.1 Å². The summed E-state index contributed by atoms with van der Waals surface area (Å²) in [4.78, 5) is 11.3. The minimum atomic E-state index is -0.939. The average Bonchev–Trinajstić information content (AvgIpc) is 3.69. The fourth-order valence-electron chi connectivity index (χ4n) is 6.15. The Kier molecular flexibility index (Phi) is 6.91. The standard InChI is InChI=1S/C30H31Cl2NO5/c31-23-5-2-6-24(32)25(23)26-22(27(38-33-26)19-7-8-19)16-36-17-29-9-12-30(13-10-29,14-11-29)18-37-21-4-1-3-20(15-21)28(34)35/h1-6,15,19H,7-14,16-18H2,(H,34,35). The predicted molar refractivity (Wildman–Crippen MR) is 145 cm³/mol. The van der Waals surface area contributed by atoms with Crippen molar-refractivity contribution in [1.82, 2.24) is 5.16 Å². The largest absolute Gasteiger partial charge is 0.493 e. The van der Waals surface area contributed by atoms with E-state index in [1.165, 1.54) is 0 Å². The molecule has 0 amide bonds. The summed E-state index contributed by atoms with van der Waals surface area (Å²) in [7, 11) is 0. The summed E-state index contributed by atoms with van der Waals surface area (Å²) in [6.07, 6.45) is 8.80. The molecule has 2 aromatic carbocycles. The van der Waals surface area contributed by atoms with Crippen LogP contribution < -0.4 is 4.74 Å². The fraction of sp³-hybridized carbons (Fsp3) is 0.467. The molecule has 1 heterocycles. The third kappa shape index (κ3) is 5.06. The molecule has 0 atom stereocenters. The van der Waals surface area contributed by atoms with Gasteiger partial charge in [0.05, 0.1) is 35.4 Å². The Bertz CT molecular complexity index is 1300. The summed E-state index contributed by atoms with van der Waals surface area (Å²) in [5.74, 6) is 0.991. The second-order valence-corrected chi connectivity index (χ2v) is 12.2. The van der Waals surface area contributed by atoms with Gasteiger partial charge in [-0.2, -0.15) is 0 Å². The van der Waals surface area contributed by atoms with E-state index in [9.17, 15) is 9.90 Å². The third-order valence-corrected chi connectivity index (χ3v) is 9.43. The highest BCUT2D eigenvalue weighted by Crippen LogP contribution is 2.57. The molecule has 0 saturated heterocycles. The van der Waals surface area contributed by atoms with E-state index >= 15 is 0 Å². The molecule has 0 unspecified atom stereocenters. The van der Waals surface area contributed by atoms with E-state index in [0.717, 1.165) is 62.7 Å². The maximum atomic E-state index is 11.3. The van der Waals surface area contributed by atoms with Crippen molar-refractivity contribution in [3.05, 3.63) is 69.4 Å². The Balaban J connectivity index is 1.09. The summed E-state index contributed by atoms with van der Waals surface area (Å²) in [5, 5.41) is 14.7. The molecule has 0 aliphatic heterocycles. The highest BCUT2D eigenvalue weighted by molar-refractivity contribution is 6.39. The van der Waals surface area contributed by atoms with E-state index in [1.807, 2.05) is 24.3 Å². The SMILES string of the molecule is O=C(O)c1cccc(OCC23CCC(COCc4c(-c5c(Cl)cccc5Cl)noc4C4CC4)(CC2)CC3)c1. The Morgan fingerprint density at radius 3 is 2.24 bits per heavy atom. The summed E-state index contributed by atoms with van der Waals surface area (Å²) >= 11 is 13.0. The molecule has 0 radical (unpaired) electrons. The Hall–Kier alpha value is -2.54. The number of halogens is 2. The molecule has 4 fully saturated rings. The molecule has 0 spiro atoms. The quantitative estimate of drug-likeness (QED) is 0.271. The van der Waals surface area contributed by atoms with E-state index in [2.05, 4.69) is 5.16 Å². The Morgan fingerprint density at radius 1 is 0.974 bits per heavy atom. The van der Waals surface area contributed by atoms with Crippen molar-refractivity contribution in [2.24, 2.45) is 10.8 Å². The van der Waals surface area contributed by atoms with E-state index in [-0.39, 0.29) is 16.4 Å². The van der Waals surface area contributed by atoms with Crippen molar-refractivity contribution in [1.29, 1.82) is 0 Å². The molecule has 1 aromatic heterocycles. The van der Waals surface area contributed by atoms with Crippen LogP contribution >= 0.6 is 23.2 Å². The van der Waals surface area contributed by atoms with Crippen LogP contribution in [-0.2, 0) is 11.3 Å². The number of ether oxygens (including phenoxy) is 2. The number of aromatic carboxylic acids is 1. The van der Waals surface area contributed by atoms with Crippen molar-refractivity contribution < 1.29 is 23.9 Å². The van der Waals surface area contributed by atoms with E-state index < -0.39 is 5.97 Å². The number of carbonyl (C=O) groups is 1. The topological polar surface area (TPSA) is 81.8 Å². The van der Waals surface area contributed by atoms with Crippen LogP contribution in [0.3, 0.4) is 0 Å². The highest BCUT2D eigenvalue weighted by atomic mass is 35.5. The number of carboxylic acid groups (broad SMARTS) is 1. The number of fused-ring (bicyclic) bond motifs is 3. The Labute approximate surface area is 232 Å². The van der Waals surface area contributed by atoms with Crippen LogP contribution in [0.1, 0.15) is 79.0 Å². The summed E-state index contributed by atoms with van der Waals surface area (Å²) in [6.45, 7) is 1.76. The van der Waals surface area contributed by atoms with Gasteiger partial charge in [0.2, 0.25) is 0 Å².